The highest BCUT2D eigenvalue weighted by molar-refractivity contribution is 5.96. The van der Waals surface area contributed by atoms with Crippen molar-refractivity contribution in [3.05, 3.63) is 34.9 Å². The molecule has 4 rings (SSSR count). The Bertz CT molecular complexity index is 1060. The summed E-state index contributed by atoms with van der Waals surface area (Å²) in [6.45, 7) is 3.82. The number of ether oxygens (including phenoxy) is 2. The minimum absolute atomic E-state index is 0.0436. The number of hydrogen-bond donors (Lipinski definition) is 3. The average molecular weight is 529 g/mol. The molecule has 0 radical (unpaired) electrons. The van der Waals surface area contributed by atoms with Gasteiger partial charge in [0.05, 0.1) is 25.7 Å². The predicted octanol–water partition coefficient (Wildman–Crippen LogP) is 2.73. The first-order valence-corrected chi connectivity index (χ1v) is 13.7. The van der Waals surface area contributed by atoms with Crippen LogP contribution in [-0.2, 0) is 9.59 Å². The Labute approximate surface area is 224 Å². The van der Waals surface area contributed by atoms with Gasteiger partial charge in [0.25, 0.3) is 0 Å². The molecule has 208 valence electrons. The average Bonchev–Trinajstić information content (AvgIpc) is 3.08. The first kappa shape index (κ1) is 28.1. The Balaban J connectivity index is 1.82. The van der Waals surface area contributed by atoms with E-state index in [0.717, 1.165) is 38.5 Å². The van der Waals surface area contributed by atoms with Gasteiger partial charge in [0.1, 0.15) is 18.5 Å². The van der Waals surface area contributed by atoms with E-state index >= 15 is 0 Å². The van der Waals surface area contributed by atoms with Gasteiger partial charge in [-0.2, -0.15) is 0 Å². The summed E-state index contributed by atoms with van der Waals surface area (Å²) >= 11 is 0. The fourth-order valence-electron chi connectivity index (χ4n) is 6.13. The highest BCUT2D eigenvalue weighted by Gasteiger charge is 2.52. The number of carbonyl (C=O) groups is 3. The molecule has 1 aromatic rings. The van der Waals surface area contributed by atoms with Gasteiger partial charge >= 0.3 is 0 Å². The van der Waals surface area contributed by atoms with Crippen molar-refractivity contribution in [3.63, 3.8) is 0 Å². The number of methoxy groups -OCH3 is 1. The normalized spacial score (nSPS) is 24.9. The van der Waals surface area contributed by atoms with Crippen LogP contribution in [0.4, 0.5) is 0 Å². The number of aliphatic hydroxyl groups excluding tert-OH is 2. The number of aliphatic hydroxyl groups is 2. The van der Waals surface area contributed by atoms with Crippen LogP contribution in [-0.4, -0.2) is 77.8 Å². The maximum absolute atomic E-state index is 13.7. The summed E-state index contributed by atoms with van der Waals surface area (Å²) in [6, 6.07) is 2.42. The fraction of sp³-hybridized carbons (Fsp3) is 0.621. The summed E-state index contributed by atoms with van der Waals surface area (Å²) in [4.78, 5) is 40.6. The van der Waals surface area contributed by atoms with Crippen molar-refractivity contribution < 1.29 is 34.1 Å². The topological polar surface area (TPSA) is 125 Å². The minimum atomic E-state index is -1.11. The molecular weight excluding hydrogens is 488 g/mol. The third kappa shape index (κ3) is 5.59. The molecule has 1 heterocycles. The number of fused-ring (bicyclic) bond motifs is 3. The fourth-order valence-corrected chi connectivity index (χ4v) is 6.13. The van der Waals surface area contributed by atoms with Crippen LogP contribution >= 0.6 is 0 Å². The quantitative estimate of drug-likeness (QED) is 0.332. The smallest absolute Gasteiger partial charge is 0.247 e. The molecule has 4 atom stereocenters. The monoisotopic (exact) mass is 528 g/mol. The van der Waals surface area contributed by atoms with Crippen LogP contribution in [0.1, 0.15) is 80.6 Å². The van der Waals surface area contributed by atoms with Gasteiger partial charge in [0.2, 0.25) is 11.8 Å². The molecule has 0 aromatic heterocycles. The number of aldehydes is 1. The van der Waals surface area contributed by atoms with Gasteiger partial charge in [0.15, 0.2) is 11.5 Å². The van der Waals surface area contributed by atoms with Crippen LogP contribution in [0.5, 0.6) is 11.5 Å². The number of nitrogens with zero attached hydrogens (tertiary/aromatic N) is 1. The van der Waals surface area contributed by atoms with E-state index in [1.165, 1.54) is 7.11 Å². The number of carbonyl (C=O) groups excluding carboxylic acids is 3. The summed E-state index contributed by atoms with van der Waals surface area (Å²) in [6.07, 6.45) is 6.72. The SMILES string of the molecule is COc1cc(C=O)cc2c1OC1C2C(C(=O)NCCO)=CC(N(C(=O)CC(C)C)C2CCCCCC2)C1O. The number of nitrogens with one attached hydrogen (secondary N) is 1. The van der Waals surface area contributed by atoms with Crippen molar-refractivity contribution >= 4 is 18.1 Å². The Morgan fingerprint density at radius 1 is 1.21 bits per heavy atom. The van der Waals surface area contributed by atoms with Gasteiger partial charge in [-0.3, -0.25) is 14.4 Å². The second-order valence-corrected chi connectivity index (χ2v) is 10.9. The van der Waals surface area contributed by atoms with Crippen molar-refractivity contribution in [3.8, 4) is 11.5 Å². The van der Waals surface area contributed by atoms with Crippen LogP contribution in [0.2, 0.25) is 0 Å². The molecule has 38 heavy (non-hydrogen) atoms. The minimum Gasteiger partial charge on any atom is -0.493 e. The third-order valence-corrected chi connectivity index (χ3v) is 7.82. The molecule has 9 nitrogen and oxygen atoms in total. The Morgan fingerprint density at radius 2 is 1.92 bits per heavy atom. The van der Waals surface area contributed by atoms with Gasteiger partial charge in [-0.1, -0.05) is 39.5 Å². The van der Waals surface area contributed by atoms with Crippen molar-refractivity contribution in [2.75, 3.05) is 20.3 Å². The molecule has 3 aliphatic rings. The standard InChI is InChI=1S/C29H40N2O7/c1-17(2)12-24(34)31(19-8-6-4-5-7-9-19)22-15-21(29(36)30-10-11-32)25-20-13-18(16-33)14-23(37-3)27(20)38-28(25)26(22)35/h13-17,19,22,25-26,28,32,35H,4-12H2,1-3H3,(H,30,36). The van der Waals surface area contributed by atoms with E-state index in [1.807, 2.05) is 18.7 Å². The lowest BCUT2D eigenvalue weighted by molar-refractivity contribution is -0.141. The van der Waals surface area contributed by atoms with Gasteiger partial charge < -0.3 is 29.9 Å². The molecule has 4 unspecified atom stereocenters. The summed E-state index contributed by atoms with van der Waals surface area (Å²) in [5.41, 5.74) is 1.29. The summed E-state index contributed by atoms with van der Waals surface area (Å²) in [5.74, 6) is -0.261. The molecule has 1 aliphatic heterocycles. The summed E-state index contributed by atoms with van der Waals surface area (Å²) in [5, 5.41) is 23.8. The van der Waals surface area contributed by atoms with E-state index in [0.29, 0.717) is 40.9 Å². The van der Waals surface area contributed by atoms with Crippen LogP contribution in [0.3, 0.4) is 0 Å². The third-order valence-electron chi connectivity index (χ3n) is 7.82. The van der Waals surface area contributed by atoms with Crippen LogP contribution in [0.25, 0.3) is 0 Å². The lowest BCUT2D eigenvalue weighted by Crippen LogP contribution is -2.58. The number of benzene rings is 1. The molecular formula is C29H40N2O7. The van der Waals surface area contributed by atoms with Crippen molar-refractivity contribution in [1.29, 1.82) is 0 Å². The lowest BCUT2D eigenvalue weighted by Gasteiger charge is -2.44. The zero-order valence-electron chi connectivity index (χ0n) is 22.5. The largest absolute Gasteiger partial charge is 0.493 e. The Kier molecular flexibility index (Phi) is 9.10. The van der Waals surface area contributed by atoms with Gasteiger partial charge in [-0.05, 0) is 37.0 Å². The van der Waals surface area contributed by atoms with Gasteiger partial charge in [-0.15, -0.1) is 0 Å². The number of rotatable bonds is 9. The summed E-state index contributed by atoms with van der Waals surface area (Å²) in [7, 11) is 1.47. The number of hydrogen-bond acceptors (Lipinski definition) is 7. The van der Waals surface area contributed by atoms with E-state index in [4.69, 9.17) is 9.47 Å². The molecule has 1 fully saturated rings. The van der Waals surface area contributed by atoms with Gasteiger partial charge in [0, 0.05) is 35.7 Å². The maximum atomic E-state index is 13.7. The molecule has 1 saturated carbocycles. The molecule has 3 N–H and O–H groups in total. The Morgan fingerprint density at radius 3 is 2.53 bits per heavy atom. The van der Waals surface area contributed by atoms with Crippen molar-refractivity contribution in [2.45, 2.75) is 89.0 Å². The van der Waals surface area contributed by atoms with E-state index in [9.17, 15) is 24.6 Å². The van der Waals surface area contributed by atoms with E-state index in [2.05, 4.69) is 5.32 Å². The van der Waals surface area contributed by atoms with Crippen LogP contribution in [0.15, 0.2) is 23.8 Å². The van der Waals surface area contributed by atoms with E-state index in [1.54, 1.807) is 18.2 Å². The molecule has 9 heteroatoms. The summed E-state index contributed by atoms with van der Waals surface area (Å²) < 4.78 is 11.8. The second kappa shape index (κ2) is 12.3. The lowest BCUT2D eigenvalue weighted by atomic mass is 9.76. The first-order valence-electron chi connectivity index (χ1n) is 13.7. The number of amides is 2. The predicted molar refractivity (Wildman–Crippen MR) is 141 cm³/mol. The highest BCUT2D eigenvalue weighted by atomic mass is 16.5. The molecule has 2 amide bonds. The Hall–Kier alpha value is -2.91. The molecule has 1 aromatic carbocycles. The van der Waals surface area contributed by atoms with Crippen LogP contribution < -0.4 is 14.8 Å². The molecule has 0 spiro atoms. The van der Waals surface area contributed by atoms with Crippen LogP contribution in [0, 0.1) is 5.92 Å². The first-order chi connectivity index (χ1) is 18.3. The maximum Gasteiger partial charge on any atom is 0.247 e. The molecule has 0 saturated heterocycles. The van der Waals surface area contributed by atoms with E-state index in [-0.39, 0.29) is 31.0 Å². The van der Waals surface area contributed by atoms with Crippen molar-refractivity contribution in [2.24, 2.45) is 5.92 Å². The zero-order valence-corrected chi connectivity index (χ0v) is 22.5. The van der Waals surface area contributed by atoms with Crippen molar-refractivity contribution in [1.82, 2.24) is 10.2 Å². The van der Waals surface area contributed by atoms with E-state index < -0.39 is 30.1 Å². The molecule has 0 bridgehead atoms. The zero-order chi connectivity index (χ0) is 27.4. The highest BCUT2D eigenvalue weighted by Crippen LogP contribution is 2.51. The second-order valence-electron chi connectivity index (χ2n) is 10.9. The molecule has 2 aliphatic carbocycles. The van der Waals surface area contributed by atoms with Gasteiger partial charge in [-0.25, -0.2) is 0 Å².